The molecule has 1 rings (SSSR count). The highest BCUT2D eigenvalue weighted by atomic mass is 16.2. The number of carbonyl (C=O) groups excluding carboxylic acids is 1. The van der Waals surface area contributed by atoms with E-state index >= 15 is 0 Å². The van der Waals surface area contributed by atoms with Crippen molar-refractivity contribution in [2.24, 2.45) is 11.8 Å². The van der Waals surface area contributed by atoms with E-state index in [9.17, 15) is 4.79 Å². The smallest absolute Gasteiger partial charge is 0.243 e. The van der Waals surface area contributed by atoms with Gasteiger partial charge in [0.15, 0.2) is 0 Å². The van der Waals surface area contributed by atoms with Crippen LogP contribution >= 0.6 is 0 Å². The van der Waals surface area contributed by atoms with E-state index in [2.05, 4.69) is 20.8 Å². The lowest BCUT2D eigenvalue weighted by molar-refractivity contribution is -0.130. The largest absolute Gasteiger partial charge is 0.341 e. The van der Waals surface area contributed by atoms with Crippen molar-refractivity contribution < 1.29 is 4.79 Å². The topological polar surface area (TPSA) is 49.6 Å². The first kappa shape index (κ1) is 15.0. The van der Waals surface area contributed by atoms with E-state index < -0.39 is 0 Å². The number of allylic oxidation sites excluding steroid dienone is 1. The fourth-order valence-corrected chi connectivity index (χ4v) is 2.27. The first-order valence-corrected chi connectivity index (χ1v) is 7.04. The molecule has 0 aromatic rings. The lowest BCUT2D eigenvalue weighted by Gasteiger charge is -2.21. The van der Waals surface area contributed by atoms with Crippen LogP contribution in [0.2, 0.25) is 0 Å². The Hall–Kier alpha value is -1.03. The summed E-state index contributed by atoms with van der Waals surface area (Å²) >= 11 is 0. The molecule has 1 amide bonds. The first-order chi connectivity index (χ1) is 8.54. The van der Waals surface area contributed by atoms with Crippen LogP contribution in [0.5, 0.6) is 0 Å². The Bertz CT molecular complexity index is 293. The third-order valence-electron chi connectivity index (χ3n) is 3.39. The van der Waals surface area contributed by atoms with Gasteiger partial charge >= 0.3 is 0 Å². The number of nitrogens with zero attached hydrogens (tertiary/aromatic N) is 2. The third-order valence-corrected chi connectivity index (χ3v) is 3.39. The number of amides is 1. The lowest BCUT2D eigenvalue weighted by atomic mass is 10.00. The molecule has 0 aromatic heterocycles. The average Bonchev–Trinajstić information content (AvgIpc) is 2.81. The van der Waals surface area contributed by atoms with Crippen LogP contribution in [-0.2, 0) is 4.79 Å². The highest BCUT2D eigenvalue weighted by molar-refractivity contribution is 5.78. The predicted molar refractivity (Wildman–Crippen MR) is 74.5 cm³/mol. The van der Waals surface area contributed by atoms with E-state index in [1.54, 1.807) is 5.01 Å². The summed E-state index contributed by atoms with van der Waals surface area (Å²) in [6.07, 6.45) is 6.35. The summed E-state index contributed by atoms with van der Waals surface area (Å²) in [6, 6.07) is 0. The van der Waals surface area contributed by atoms with Crippen LogP contribution in [0.1, 0.15) is 46.5 Å². The van der Waals surface area contributed by atoms with Gasteiger partial charge in [-0.2, -0.15) is 0 Å². The second-order valence-corrected chi connectivity index (χ2v) is 5.37. The van der Waals surface area contributed by atoms with Crippen LogP contribution in [0.4, 0.5) is 0 Å². The Labute approximate surface area is 111 Å². The van der Waals surface area contributed by atoms with Gasteiger partial charge in [-0.3, -0.25) is 4.79 Å². The molecule has 104 valence electrons. The summed E-state index contributed by atoms with van der Waals surface area (Å²) in [5, 5.41) is 1.55. The fraction of sp³-hybridized carbons (Fsp3) is 0.786. The summed E-state index contributed by atoms with van der Waals surface area (Å²) in [5.41, 5.74) is 1.31. The van der Waals surface area contributed by atoms with Gasteiger partial charge in [0, 0.05) is 19.3 Å². The number of hydrogen-bond acceptors (Lipinski definition) is 3. The van der Waals surface area contributed by atoms with Crippen LogP contribution in [0, 0.1) is 5.92 Å². The van der Waals surface area contributed by atoms with Crippen LogP contribution in [-0.4, -0.2) is 35.5 Å². The normalized spacial score (nSPS) is 16.5. The SMILES string of the molecule is CCC/C(=C\N(N)CC(=O)N1CCCC1)C(C)C. The Balaban J connectivity index is 2.49. The van der Waals surface area contributed by atoms with Gasteiger partial charge in [-0.15, -0.1) is 0 Å². The molecule has 0 aliphatic carbocycles. The van der Waals surface area contributed by atoms with Crippen LogP contribution in [0.3, 0.4) is 0 Å². The maximum Gasteiger partial charge on any atom is 0.243 e. The number of nitrogens with two attached hydrogens (primary N) is 1. The van der Waals surface area contributed by atoms with Crippen molar-refractivity contribution in [1.29, 1.82) is 0 Å². The molecule has 1 heterocycles. The molecule has 0 aromatic carbocycles. The molecule has 18 heavy (non-hydrogen) atoms. The first-order valence-electron chi connectivity index (χ1n) is 7.04. The molecule has 0 bridgehead atoms. The third kappa shape index (κ3) is 4.69. The van der Waals surface area contributed by atoms with Gasteiger partial charge in [0.2, 0.25) is 5.91 Å². The molecule has 1 aliphatic heterocycles. The number of rotatable bonds is 6. The zero-order chi connectivity index (χ0) is 13.5. The van der Waals surface area contributed by atoms with Crippen molar-refractivity contribution in [3.8, 4) is 0 Å². The zero-order valence-electron chi connectivity index (χ0n) is 12.0. The Morgan fingerprint density at radius 2 is 2.00 bits per heavy atom. The van der Waals surface area contributed by atoms with Crippen molar-refractivity contribution >= 4 is 5.91 Å². The van der Waals surface area contributed by atoms with E-state index in [4.69, 9.17) is 5.84 Å². The molecular weight excluding hydrogens is 226 g/mol. The molecule has 0 radical (unpaired) electrons. The van der Waals surface area contributed by atoms with Crippen molar-refractivity contribution in [2.75, 3.05) is 19.6 Å². The minimum Gasteiger partial charge on any atom is -0.341 e. The van der Waals surface area contributed by atoms with Crippen LogP contribution < -0.4 is 5.84 Å². The van der Waals surface area contributed by atoms with Crippen LogP contribution in [0.25, 0.3) is 0 Å². The number of carbonyl (C=O) groups is 1. The second-order valence-electron chi connectivity index (χ2n) is 5.37. The van der Waals surface area contributed by atoms with E-state index in [1.807, 2.05) is 11.1 Å². The highest BCUT2D eigenvalue weighted by Crippen LogP contribution is 2.16. The van der Waals surface area contributed by atoms with Gasteiger partial charge in [0.25, 0.3) is 0 Å². The maximum absolute atomic E-state index is 11.9. The lowest BCUT2D eigenvalue weighted by Crippen LogP contribution is -2.40. The van der Waals surface area contributed by atoms with Gasteiger partial charge in [0.1, 0.15) is 6.54 Å². The van der Waals surface area contributed by atoms with Gasteiger partial charge in [-0.25, -0.2) is 5.84 Å². The molecule has 4 heteroatoms. The number of hydrogen-bond donors (Lipinski definition) is 1. The monoisotopic (exact) mass is 253 g/mol. The Morgan fingerprint density at radius 1 is 1.39 bits per heavy atom. The van der Waals surface area contributed by atoms with Gasteiger partial charge in [-0.1, -0.05) is 32.8 Å². The van der Waals surface area contributed by atoms with E-state index in [0.717, 1.165) is 38.8 Å². The quantitative estimate of drug-likeness (QED) is 0.583. The van der Waals surface area contributed by atoms with Gasteiger partial charge < -0.3 is 9.91 Å². The molecule has 1 fully saturated rings. The van der Waals surface area contributed by atoms with Crippen LogP contribution in [0.15, 0.2) is 11.8 Å². The molecule has 1 saturated heterocycles. The molecule has 0 unspecified atom stereocenters. The zero-order valence-corrected chi connectivity index (χ0v) is 12.0. The average molecular weight is 253 g/mol. The van der Waals surface area contributed by atoms with E-state index in [1.165, 1.54) is 5.57 Å². The molecule has 0 saturated carbocycles. The van der Waals surface area contributed by atoms with Gasteiger partial charge in [-0.05, 0) is 25.2 Å². The summed E-state index contributed by atoms with van der Waals surface area (Å²) < 4.78 is 0. The van der Waals surface area contributed by atoms with E-state index in [-0.39, 0.29) is 5.91 Å². The minimum absolute atomic E-state index is 0.144. The molecular formula is C14H27N3O. The van der Waals surface area contributed by atoms with Crippen molar-refractivity contribution in [2.45, 2.75) is 46.5 Å². The van der Waals surface area contributed by atoms with Crippen molar-refractivity contribution in [3.05, 3.63) is 11.8 Å². The van der Waals surface area contributed by atoms with Crippen molar-refractivity contribution in [3.63, 3.8) is 0 Å². The molecule has 4 nitrogen and oxygen atoms in total. The summed E-state index contributed by atoms with van der Waals surface area (Å²) in [6.45, 7) is 8.56. The number of hydrazine groups is 1. The van der Waals surface area contributed by atoms with Gasteiger partial charge in [0.05, 0.1) is 0 Å². The fourth-order valence-electron chi connectivity index (χ4n) is 2.27. The molecule has 0 spiro atoms. The highest BCUT2D eigenvalue weighted by Gasteiger charge is 2.18. The minimum atomic E-state index is 0.144. The Morgan fingerprint density at radius 3 is 2.50 bits per heavy atom. The Kier molecular flexibility index (Phi) is 6.19. The summed E-state index contributed by atoms with van der Waals surface area (Å²) in [4.78, 5) is 13.8. The number of likely N-dealkylation sites (tertiary alicyclic amines) is 1. The summed E-state index contributed by atoms with van der Waals surface area (Å²) in [5.74, 6) is 6.55. The summed E-state index contributed by atoms with van der Waals surface area (Å²) in [7, 11) is 0. The molecule has 2 N–H and O–H groups in total. The molecule has 0 atom stereocenters. The van der Waals surface area contributed by atoms with Crippen molar-refractivity contribution in [1.82, 2.24) is 9.91 Å². The predicted octanol–water partition coefficient (Wildman–Crippen LogP) is 2.12. The standard InChI is InChI=1S/C14H27N3O/c1-4-7-13(12(2)3)10-17(15)11-14(18)16-8-5-6-9-16/h10,12H,4-9,11,15H2,1-3H3/b13-10+. The maximum atomic E-state index is 11.9. The van der Waals surface area contributed by atoms with E-state index in [0.29, 0.717) is 12.5 Å². The molecule has 1 aliphatic rings. The second kappa shape index (κ2) is 7.41.